The van der Waals surface area contributed by atoms with Crippen LogP contribution in [0.5, 0.6) is 0 Å². The van der Waals surface area contributed by atoms with E-state index < -0.39 is 17.7 Å². The molecule has 154 valence electrons. The highest BCUT2D eigenvalue weighted by Crippen LogP contribution is 2.57. The van der Waals surface area contributed by atoms with Gasteiger partial charge in [-0.3, -0.25) is 4.18 Å². The molecule has 4 unspecified atom stereocenters. The summed E-state index contributed by atoms with van der Waals surface area (Å²) in [5, 5.41) is 0. The van der Waals surface area contributed by atoms with E-state index in [0.29, 0.717) is 18.9 Å². The minimum absolute atomic E-state index is 0.0715. The second-order valence-electron chi connectivity index (χ2n) is 7.48. The number of alkyl halides is 3. The molecule has 0 aromatic rings. The van der Waals surface area contributed by atoms with Gasteiger partial charge in [0.25, 0.3) is 0 Å². The van der Waals surface area contributed by atoms with Gasteiger partial charge in [0, 0.05) is 33.2 Å². The van der Waals surface area contributed by atoms with Crippen LogP contribution >= 0.6 is 30.4 Å². The van der Waals surface area contributed by atoms with Crippen LogP contribution in [0.1, 0.15) is 52.4 Å². The number of allylic oxidation sites excluding steroid dienone is 2. The Morgan fingerprint density at radius 1 is 1.37 bits per heavy atom. The summed E-state index contributed by atoms with van der Waals surface area (Å²) in [6.45, 7) is 8.12. The van der Waals surface area contributed by atoms with Crippen LogP contribution in [0.4, 0.5) is 13.2 Å². The van der Waals surface area contributed by atoms with Crippen LogP contribution in [0, 0.1) is 17.8 Å². The maximum absolute atomic E-state index is 13.5. The van der Waals surface area contributed by atoms with Crippen LogP contribution in [-0.4, -0.2) is 24.4 Å². The molecule has 3 rings (SSSR count). The summed E-state index contributed by atoms with van der Waals surface area (Å²) in [6, 6.07) is 0. The summed E-state index contributed by atoms with van der Waals surface area (Å²) in [6.07, 6.45) is 1.51. The zero-order chi connectivity index (χ0) is 20.2. The first-order valence-corrected chi connectivity index (χ1v) is 12.5. The summed E-state index contributed by atoms with van der Waals surface area (Å²) < 4.78 is 50.4. The molecule has 3 nitrogen and oxygen atoms in total. The lowest BCUT2D eigenvalue weighted by molar-refractivity contribution is -0.281. The molecular weight excluding hydrogens is 492 g/mol. The molecular formula is C19H26F3IO3S. The third kappa shape index (κ3) is 5.04. The zero-order valence-electron chi connectivity index (χ0n) is 15.6. The van der Waals surface area contributed by atoms with Gasteiger partial charge in [0.05, 0.1) is 15.8 Å². The molecule has 3 aliphatic rings. The second-order valence-corrected chi connectivity index (χ2v) is 8.85. The van der Waals surface area contributed by atoms with Crippen LogP contribution in [0.3, 0.4) is 0 Å². The summed E-state index contributed by atoms with van der Waals surface area (Å²) in [4.78, 5) is 10.5. The Balaban J connectivity index is 0.000000273. The number of carbonyl (C=O) groups is 1. The predicted molar refractivity (Wildman–Crippen MR) is 109 cm³/mol. The molecule has 1 heterocycles. The molecule has 0 spiro atoms. The number of hydrogen-bond donors (Lipinski definition) is 0. The van der Waals surface area contributed by atoms with Crippen molar-refractivity contribution in [3.05, 3.63) is 23.8 Å². The van der Waals surface area contributed by atoms with Crippen molar-refractivity contribution in [3.63, 3.8) is 0 Å². The molecule has 8 heteroatoms. The lowest BCUT2D eigenvalue weighted by Gasteiger charge is -2.51. The number of esters is 1. The minimum Gasteiger partial charge on any atom is -0.462 e. The van der Waals surface area contributed by atoms with Crippen molar-refractivity contribution in [1.29, 1.82) is 0 Å². The standard InChI is InChI=1S/C13H18F3IOS.C6H8O2/c1-8-3-4-11-9(2)12(18-19-17,13(14,15)16)6-5-10(11)7-8;1-2-5-3-4-8-6(5)7/h9-11H,1,3-7H2,2H3;2H,3-4H2,1H3/b;5-2+. The molecule has 0 aromatic carbocycles. The Morgan fingerprint density at radius 3 is 2.56 bits per heavy atom. The Bertz CT molecular complexity index is 593. The van der Waals surface area contributed by atoms with Crippen molar-refractivity contribution in [3.8, 4) is 0 Å². The average molecular weight is 518 g/mol. The smallest absolute Gasteiger partial charge is 0.419 e. The van der Waals surface area contributed by atoms with E-state index in [1.165, 1.54) is 5.57 Å². The Labute approximate surface area is 175 Å². The quantitative estimate of drug-likeness (QED) is 0.136. The molecule has 0 N–H and O–H groups in total. The molecule has 4 atom stereocenters. The Hall–Kier alpha value is -0.220. The van der Waals surface area contributed by atoms with Crippen LogP contribution in [0.15, 0.2) is 23.8 Å². The van der Waals surface area contributed by atoms with Gasteiger partial charge >= 0.3 is 12.1 Å². The van der Waals surface area contributed by atoms with Crippen LogP contribution in [0.2, 0.25) is 0 Å². The van der Waals surface area contributed by atoms with Crippen molar-refractivity contribution in [1.82, 2.24) is 0 Å². The second kappa shape index (κ2) is 9.52. The fourth-order valence-electron chi connectivity index (χ4n) is 4.51. The molecule has 0 bridgehead atoms. The largest absolute Gasteiger partial charge is 0.462 e. The number of rotatable bonds is 2. The van der Waals surface area contributed by atoms with Gasteiger partial charge in [-0.1, -0.05) is 25.2 Å². The van der Waals surface area contributed by atoms with E-state index in [4.69, 9.17) is 4.18 Å². The summed E-state index contributed by atoms with van der Waals surface area (Å²) in [7, 11) is 0.810. The van der Waals surface area contributed by atoms with Crippen molar-refractivity contribution < 1.29 is 26.9 Å². The Morgan fingerprint density at radius 2 is 2.07 bits per heavy atom. The topological polar surface area (TPSA) is 35.5 Å². The SMILES string of the molecule is C/C=C1\CCOC1=O.C=C1CCC2C(CCC(OSI)(C(F)(F)F)C2C)C1. The lowest BCUT2D eigenvalue weighted by Crippen LogP contribution is -2.57. The third-order valence-electron chi connectivity index (χ3n) is 6.13. The number of fused-ring (bicyclic) bond motifs is 1. The fourth-order valence-corrected chi connectivity index (χ4v) is 5.91. The van der Waals surface area contributed by atoms with Crippen molar-refractivity contribution in [2.75, 3.05) is 6.61 Å². The van der Waals surface area contributed by atoms with Gasteiger partial charge in [-0.15, -0.1) is 0 Å². The maximum atomic E-state index is 13.5. The van der Waals surface area contributed by atoms with Gasteiger partial charge in [0.1, 0.15) is 0 Å². The van der Waals surface area contributed by atoms with Gasteiger partial charge in [0.2, 0.25) is 0 Å². The molecule has 0 aromatic heterocycles. The van der Waals surface area contributed by atoms with Gasteiger partial charge in [-0.25, -0.2) is 4.79 Å². The highest BCUT2D eigenvalue weighted by molar-refractivity contribution is 14.2. The molecule has 3 fully saturated rings. The molecule has 1 saturated heterocycles. The van der Waals surface area contributed by atoms with Crippen LogP contribution in [0.25, 0.3) is 0 Å². The number of cyclic esters (lactones) is 1. The number of carbonyl (C=O) groups excluding carboxylic acids is 1. The van der Waals surface area contributed by atoms with E-state index in [9.17, 15) is 18.0 Å². The normalized spacial score (nSPS) is 35.3. The highest BCUT2D eigenvalue weighted by Gasteiger charge is 2.63. The third-order valence-corrected chi connectivity index (χ3v) is 7.03. The van der Waals surface area contributed by atoms with Crippen molar-refractivity contribution in [2.24, 2.45) is 17.8 Å². The predicted octanol–water partition coefficient (Wildman–Crippen LogP) is 6.58. The van der Waals surface area contributed by atoms with Gasteiger partial charge in [-0.2, -0.15) is 13.2 Å². The minimum atomic E-state index is -4.30. The van der Waals surface area contributed by atoms with Crippen molar-refractivity contribution >= 4 is 36.4 Å². The molecule has 0 amide bonds. The van der Waals surface area contributed by atoms with E-state index in [2.05, 4.69) is 11.3 Å². The van der Waals surface area contributed by atoms with Crippen molar-refractivity contribution in [2.45, 2.75) is 64.1 Å². The first-order valence-electron chi connectivity index (χ1n) is 9.18. The van der Waals surface area contributed by atoms with E-state index in [1.807, 2.05) is 6.92 Å². The van der Waals surface area contributed by atoms with Gasteiger partial charge in [-0.05, 0) is 56.8 Å². The monoisotopic (exact) mass is 518 g/mol. The first kappa shape index (κ1) is 23.1. The summed E-state index contributed by atoms with van der Waals surface area (Å²) in [5.41, 5.74) is 0.0285. The van der Waals surface area contributed by atoms with E-state index in [0.717, 1.165) is 40.5 Å². The van der Waals surface area contributed by atoms with Gasteiger partial charge in [0.15, 0.2) is 5.60 Å². The Kier molecular flexibility index (Phi) is 8.13. The zero-order valence-corrected chi connectivity index (χ0v) is 18.6. The van der Waals surface area contributed by atoms with Crippen LogP contribution in [-0.2, 0) is 13.7 Å². The fraction of sp³-hybridized carbons (Fsp3) is 0.737. The lowest BCUT2D eigenvalue weighted by atomic mass is 9.59. The van der Waals surface area contributed by atoms with E-state index in [1.54, 1.807) is 34.2 Å². The number of halogens is 4. The average Bonchev–Trinajstić information content (AvgIpc) is 3.02. The number of ether oxygens (including phenoxy) is 1. The molecule has 1 aliphatic heterocycles. The van der Waals surface area contributed by atoms with E-state index in [-0.39, 0.29) is 18.3 Å². The number of hydrogen-bond acceptors (Lipinski definition) is 4. The van der Waals surface area contributed by atoms with Crippen LogP contribution < -0.4 is 0 Å². The highest BCUT2D eigenvalue weighted by atomic mass is 127. The summed E-state index contributed by atoms with van der Waals surface area (Å²) in [5.74, 6) is -0.173. The maximum Gasteiger partial charge on any atom is 0.419 e. The summed E-state index contributed by atoms with van der Waals surface area (Å²) >= 11 is 1.78. The molecule has 2 saturated carbocycles. The molecule has 0 radical (unpaired) electrons. The van der Waals surface area contributed by atoms with E-state index >= 15 is 0 Å². The first-order chi connectivity index (χ1) is 12.7. The molecule has 27 heavy (non-hydrogen) atoms. The molecule has 2 aliphatic carbocycles. The van der Waals surface area contributed by atoms with Gasteiger partial charge < -0.3 is 4.74 Å².